The number of furan rings is 1. The van der Waals surface area contributed by atoms with Gasteiger partial charge in [0.25, 0.3) is 0 Å². The van der Waals surface area contributed by atoms with Crippen LogP contribution in [0, 0.1) is 5.82 Å². The molecule has 0 radical (unpaired) electrons. The summed E-state index contributed by atoms with van der Waals surface area (Å²) in [6.07, 6.45) is 0. The monoisotopic (exact) mass is 308 g/mol. The number of hydrogen-bond donors (Lipinski definition) is 0. The summed E-state index contributed by atoms with van der Waals surface area (Å²) >= 11 is 11.7. The largest absolute Gasteiger partial charge is 0.453 e. The minimum atomic E-state index is -0.642. The Balaban J connectivity index is 2.10. The highest BCUT2D eigenvalue weighted by molar-refractivity contribution is 6.35. The van der Waals surface area contributed by atoms with Crippen molar-refractivity contribution in [3.05, 3.63) is 69.7 Å². The fraction of sp³-hybridized carbons (Fsp3) is 0. The van der Waals surface area contributed by atoms with Gasteiger partial charge in [-0.15, -0.1) is 0 Å². The highest BCUT2D eigenvalue weighted by Crippen LogP contribution is 2.27. The van der Waals surface area contributed by atoms with Gasteiger partial charge in [0.2, 0.25) is 5.78 Å². The maximum absolute atomic E-state index is 13.4. The molecule has 3 aromatic rings. The van der Waals surface area contributed by atoms with E-state index < -0.39 is 11.6 Å². The maximum Gasteiger partial charge on any atom is 0.229 e. The Hall–Kier alpha value is -1.84. The molecule has 0 atom stereocenters. The normalized spacial score (nSPS) is 10.9. The van der Waals surface area contributed by atoms with Crippen molar-refractivity contribution in [3.63, 3.8) is 0 Å². The number of hydrogen-bond acceptors (Lipinski definition) is 2. The Kier molecular flexibility index (Phi) is 3.24. The zero-order chi connectivity index (χ0) is 14.3. The first-order valence-corrected chi connectivity index (χ1v) is 6.49. The van der Waals surface area contributed by atoms with Crippen molar-refractivity contribution in [2.75, 3.05) is 0 Å². The lowest BCUT2D eigenvalue weighted by Gasteiger charge is -2.01. The van der Waals surface area contributed by atoms with Crippen LogP contribution in [0.2, 0.25) is 10.0 Å². The van der Waals surface area contributed by atoms with Crippen molar-refractivity contribution in [3.8, 4) is 0 Å². The Morgan fingerprint density at radius 1 is 1.10 bits per heavy atom. The summed E-state index contributed by atoms with van der Waals surface area (Å²) in [6.45, 7) is 0. The van der Waals surface area contributed by atoms with Crippen LogP contribution >= 0.6 is 23.2 Å². The predicted molar refractivity (Wildman–Crippen MR) is 76.1 cm³/mol. The SMILES string of the molecule is O=C(c1cc2cc(Cl)ccc2o1)c1cccc(F)c1Cl. The number of halogens is 3. The molecule has 0 unspecified atom stereocenters. The first-order chi connectivity index (χ1) is 9.56. The van der Waals surface area contributed by atoms with E-state index in [1.54, 1.807) is 24.3 Å². The summed E-state index contributed by atoms with van der Waals surface area (Å²) in [5.41, 5.74) is 0.599. The van der Waals surface area contributed by atoms with Gasteiger partial charge in [0.1, 0.15) is 11.4 Å². The van der Waals surface area contributed by atoms with Gasteiger partial charge in [-0.2, -0.15) is 0 Å². The minimum absolute atomic E-state index is 0.0665. The molecule has 5 heteroatoms. The van der Waals surface area contributed by atoms with Gasteiger partial charge < -0.3 is 4.42 Å². The Bertz CT molecular complexity index is 824. The highest BCUT2D eigenvalue weighted by Gasteiger charge is 2.19. The van der Waals surface area contributed by atoms with E-state index in [1.807, 2.05) is 0 Å². The zero-order valence-electron chi connectivity index (χ0n) is 9.99. The molecule has 0 amide bonds. The molecule has 0 bridgehead atoms. The number of carbonyl (C=O) groups excluding carboxylic acids is 1. The average Bonchev–Trinajstić information content (AvgIpc) is 2.84. The fourth-order valence-corrected chi connectivity index (χ4v) is 2.33. The third-order valence-electron chi connectivity index (χ3n) is 2.90. The molecule has 100 valence electrons. The summed E-state index contributed by atoms with van der Waals surface area (Å²) < 4.78 is 18.8. The topological polar surface area (TPSA) is 30.2 Å². The van der Waals surface area contributed by atoms with Gasteiger partial charge in [0.05, 0.1) is 5.02 Å². The molecule has 1 heterocycles. The second-order valence-electron chi connectivity index (χ2n) is 4.22. The van der Waals surface area contributed by atoms with Crippen molar-refractivity contribution in [2.45, 2.75) is 0 Å². The number of fused-ring (bicyclic) bond motifs is 1. The third-order valence-corrected chi connectivity index (χ3v) is 3.52. The number of ketones is 1. The molecule has 0 aliphatic carbocycles. The summed E-state index contributed by atoms with van der Waals surface area (Å²) in [7, 11) is 0. The van der Waals surface area contributed by atoms with Crippen LogP contribution < -0.4 is 0 Å². The summed E-state index contributed by atoms with van der Waals surface area (Å²) in [5, 5.41) is 1.03. The molecule has 0 aliphatic rings. The van der Waals surface area contributed by atoms with Crippen molar-refractivity contribution >= 4 is 40.0 Å². The van der Waals surface area contributed by atoms with Gasteiger partial charge in [-0.05, 0) is 36.4 Å². The van der Waals surface area contributed by atoms with Crippen molar-refractivity contribution in [2.24, 2.45) is 0 Å². The van der Waals surface area contributed by atoms with E-state index in [-0.39, 0.29) is 16.3 Å². The highest BCUT2D eigenvalue weighted by atomic mass is 35.5. The lowest BCUT2D eigenvalue weighted by molar-refractivity contribution is 0.101. The summed E-state index contributed by atoms with van der Waals surface area (Å²) in [4.78, 5) is 12.3. The molecule has 0 saturated heterocycles. The second kappa shape index (κ2) is 4.93. The zero-order valence-corrected chi connectivity index (χ0v) is 11.5. The number of carbonyl (C=O) groups is 1. The number of rotatable bonds is 2. The van der Waals surface area contributed by atoms with Crippen LogP contribution in [0.15, 0.2) is 46.9 Å². The maximum atomic E-state index is 13.4. The van der Waals surface area contributed by atoms with Crippen LogP contribution in [0.5, 0.6) is 0 Å². The van der Waals surface area contributed by atoms with E-state index in [2.05, 4.69) is 0 Å². The fourth-order valence-electron chi connectivity index (χ4n) is 1.94. The standard InChI is InChI=1S/C15H7Cl2FO2/c16-9-4-5-12-8(6-9)7-13(20-12)15(19)10-2-1-3-11(18)14(10)17/h1-7H. The summed E-state index contributed by atoms with van der Waals surface area (Å²) in [5.74, 6) is -1.02. The van der Waals surface area contributed by atoms with E-state index in [4.69, 9.17) is 27.6 Å². The third kappa shape index (κ3) is 2.19. The molecule has 0 aliphatic heterocycles. The van der Waals surface area contributed by atoms with Crippen LogP contribution in [-0.2, 0) is 0 Å². The second-order valence-corrected chi connectivity index (χ2v) is 5.04. The van der Waals surface area contributed by atoms with Crippen LogP contribution in [0.4, 0.5) is 4.39 Å². The van der Waals surface area contributed by atoms with Crippen molar-refractivity contribution in [1.29, 1.82) is 0 Å². The Morgan fingerprint density at radius 2 is 1.90 bits per heavy atom. The van der Waals surface area contributed by atoms with Gasteiger partial charge in [-0.1, -0.05) is 29.3 Å². The first kappa shape index (κ1) is 13.2. The first-order valence-electron chi connectivity index (χ1n) is 5.74. The van der Waals surface area contributed by atoms with Crippen molar-refractivity contribution < 1.29 is 13.6 Å². The molecular formula is C15H7Cl2FO2. The van der Waals surface area contributed by atoms with Gasteiger partial charge in [-0.3, -0.25) is 4.79 Å². The Morgan fingerprint density at radius 3 is 2.70 bits per heavy atom. The molecule has 20 heavy (non-hydrogen) atoms. The van der Waals surface area contributed by atoms with Crippen LogP contribution in [-0.4, -0.2) is 5.78 Å². The molecule has 0 saturated carbocycles. The van der Waals surface area contributed by atoms with Crippen LogP contribution in [0.1, 0.15) is 16.1 Å². The number of benzene rings is 2. The van der Waals surface area contributed by atoms with E-state index in [1.165, 1.54) is 18.2 Å². The van der Waals surface area contributed by atoms with Gasteiger partial charge in [-0.25, -0.2) is 4.39 Å². The molecule has 1 aromatic heterocycles. The molecule has 0 N–H and O–H groups in total. The van der Waals surface area contributed by atoms with E-state index in [0.717, 1.165) is 0 Å². The molecule has 2 nitrogen and oxygen atoms in total. The van der Waals surface area contributed by atoms with Crippen molar-refractivity contribution in [1.82, 2.24) is 0 Å². The lowest BCUT2D eigenvalue weighted by atomic mass is 10.1. The lowest BCUT2D eigenvalue weighted by Crippen LogP contribution is -2.01. The molecule has 0 spiro atoms. The van der Waals surface area contributed by atoms with Gasteiger partial charge in [0.15, 0.2) is 5.76 Å². The quantitative estimate of drug-likeness (QED) is 0.616. The predicted octanol–water partition coefficient (Wildman–Crippen LogP) is 5.11. The minimum Gasteiger partial charge on any atom is -0.453 e. The van der Waals surface area contributed by atoms with Gasteiger partial charge in [0, 0.05) is 16.0 Å². The van der Waals surface area contributed by atoms with Crippen LogP contribution in [0.25, 0.3) is 11.0 Å². The Labute approximate surface area is 123 Å². The molecule has 2 aromatic carbocycles. The average molecular weight is 309 g/mol. The molecular weight excluding hydrogens is 302 g/mol. The van der Waals surface area contributed by atoms with E-state index in [0.29, 0.717) is 16.0 Å². The molecule has 0 fully saturated rings. The van der Waals surface area contributed by atoms with Gasteiger partial charge >= 0.3 is 0 Å². The molecule has 3 rings (SSSR count). The van der Waals surface area contributed by atoms with Crippen LogP contribution in [0.3, 0.4) is 0 Å². The summed E-state index contributed by atoms with van der Waals surface area (Å²) in [6, 6.07) is 10.6. The smallest absolute Gasteiger partial charge is 0.229 e. The van der Waals surface area contributed by atoms with E-state index >= 15 is 0 Å². The van der Waals surface area contributed by atoms with E-state index in [9.17, 15) is 9.18 Å².